The predicted octanol–water partition coefficient (Wildman–Crippen LogP) is 2.77. The van der Waals surface area contributed by atoms with Crippen molar-refractivity contribution in [2.45, 2.75) is 25.1 Å². The number of hydrogen-bond donors (Lipinski definition) is 2. The van der Waals surface area contributed by atoms with Gasteiger partial charge in [0.2, 0.25) is 0 Å². The quantitative estimate of drug-likeness (QED) is 0.802. The summed E-state index contributed by atoms with van der Waals surface area (Å²) in [6, 6.07) is 6.63. The second-order valence-corrected chi connectivity index (χ2v) is 5.48. The largest absolute Gasteiger partial charge is 0.367 e. The van der Waals surface area contributed by atoms with E-state index in [-0.39, 0.29) is 0 Å². The van der Waals surface area contributed by atoms with Crippen molar-refractivity contribution in [3.63, 3.8) is 0 Å². The molecule has 0 saturated carbocycles. The van der Waals surface area contributed by atoms with Crippen molar-refractivity contribution < 1.29 is 13.0 Å². The van der Waals surface area contributed by atoms with Crippen LogP contribution in [-0.4, -0.2) is 18.3 Å². The fourth-order valence-electron chi connectivity index (χ4n) is 1.29. The molecular formula is C10H14ClNO3S. The molecule has 0 amide bonds. The molecule has 1 aromatic carbocycles. The van der Waals surface area contributed by atoms with Crippen molar-refractivity contribution in [3.8, 4) is 0 Å². The minimum atomic E-state index is -4.08. The molecule has 90 valence electrons. The van der Waals surface area contributed by atoms with Crippen molar-refractivity contribution in [2.24, 2.45) is 0 Å². The Morgan fingerprint density at radius 3 is 2.38 bits per heavy atom. The predicted molar refractivity (Wildman–Crippen MR) is 65.3 cm³/mol. The molecule has 1 aromatic rings. The maximum atomic E-state index is 11.1. The van der Waals surface area contributed by atoms with Crippen LogP contribution >= 0.6 is 11.6 Å². The molecule has 0 spiro atoms. The molecule has 6 heteroatoms. The second kappa shape index (κ2) is 5.52. The Balaban J connectivity index is 2.80. The van der Waals surface area contributed by atoms with Crippen LogP contribution in [0.15, 0.2) is 24.3 Å². The molecule has 0 saturated heterocycles. The number of nitrogens with one attached hydrogen (secondary N) is 1. The minimum Gasteiger partial charge on any atom is -0.367 e. The summed E-state index contributed by atoms with van der Waals surface area (Å²) in [7, 11) is -4.08. The number of rotatable bonds is 5. The molecule has 1 atom stereocenters. The minimum absolute atomic E-state index is 0.349. The summed E-state index contributed by atoms with van der Waals surface area (Å²) in [5.41, 5.74) is 0.612. The molecule has 0 aliphatic carbocycles. The van der Waals surface area contributed by atoms with Crippen molar-refractivity contribution in [3.05, 3.63) is 29.3 Å². The van der Waals surface area contributed by atoms with Crippen LogP contribution < -0.4 is 5.32 Å². The summed E-state index contributed by atoms with van der Waals surface area (Å²) in [6.45, 7) is 1.85. The number of hydrogen-bond acceptors (Lipinski definition) is 3. The lowest BCUT2D eigenvalue weighted by molar-refractivity contribution is 0.467. The van der Waals surface area contributed by atoms with Gasteiger partial charge in [-0.1, -0.05) is 24.9 Å². The monoisotopic (exact) mass is 263 g/mol. The fourth-order valence-corrected chi connectivity index (χ4v) is 2.23. The van der Waals surface area contributed by atoms with Crippen LogP contribution in [0.1, 0.15) is 19.8 Å². The van der Waals surface area contributed by atoms with Crippen LogP contribution in [0.5, 0.6) is 0 Å². The molecule has 0 bridgehead atoms. The summed E-state index contributed by atoms with van der Waals surface area (Å²) >= 11 is 5.70. The van der Waals surface area contributed by atoms with Crippen molar-refractivity contribution in [2.75, 3.05) is 5.32 Å². The van der Waals surface area contributed by atoms with E-state index in [9.17, 15) is 8.42 Å². The molecule has 0 heterocycles. The fraction of sp³-hybridized carbons (Fsp3) is 0.400. The van der Waals surface area contributed by atoms with E-state index in [4.69, 9.17) is 16.2 Å². The molecule has 4 nitrogen and oxygen atoms in total. The molecule has 0 aromatic heterocycles. The zero-order chi connectivity index (χ0) is 12.2. The van der Waals surface area contributed by atoms with Gasteiger partial charge in [-0.3, -0.25) is 4.55 Å². The van der Waals surface area contributed by atoms with Gasteiger partial charge in [0, 0.05) is 10.7 Å². The highest BCUT2D eigenvalue weighted by atomic mass is 35.5. The molecule has 0 aliphatic rings. The van der Waals surface area contributed by atoms with Gasteiger partial charge >= 0.3 is 0 Å². The zero-order valence-corrected chi connectivity index (χ0v) is 10.4. The zero-order valence-electron chi connectivity index (χ0n) is 8.85. The van der Waals surface area contributed by atoms with Crippen LogP contribution in [-0.2, 0) is 10.1 Å². The standard InChI is InChI=1S/C10H14ClNO3S/c1-2-3-10(16(13,14)15)12-9-6-4-8(11)5-7-9/h4-7,10,12H,2-3H2,1H3,(H,13,14,15)/t10-/m1/s1. The summed E-state index contributed by atoms with van der Waals surface area (Å²) in [5, 5.41) is 2.35. The summed E-state index contributed by atoms with van der Waals surface area (Å²) in [4.78, 5) is 0. The van der Waals surface area contributed by atoms with Gasteiger partial charge in [-0.25, -0.2) is 0 Å². The van der Waals surface area contributed by atoms with Gasteiger partial charge in [0.25, 0.3) is 10.1 Å². The SMILES string of the molecule is CCC[C@H](Nc1ccc(Cl)cc1)S(=O)(=O)O. The molecule has 1 rings (SSSR count). The average Bonchev–Trinajstić information content (AvgIpc) is 2.19. The van der Waals surface area contributed by atoms with Gasteiger partial charge in [-0.2, -0.15) is 8.42 Å². The third-order valence-electron chi connectivity index (χ3n) is 2.08. The summed E-state index contributed by atoms with van der Waals surface area (Å²) in [5.74, 6) is 0. The van der Waals surface area contributed by atoms with Crippen LogP contribution in [0.2, 0.25) is 5.02 Å². The molecule has 16 heavy (non-hydrogen) atoms. The van der Waals surface area contributed by atoms with Gasteiger partial charge in [0.05, 0.1) is 0 Å². The van der Waals surface area contributed by atoms with Crippen LogP contribution in [0.4, 0.5) is 5.69 Å². The van der Waals surface area contributed by atoms with E-state index in [1.54, 1.807) is 24.3 Å². The van der Waals surface area contributed by atoms with Crippen molar-refractivity contribution in [1.29, 1.82) is 0 Å². The average molecular weight is 264 g/mol. The lowest BCUT2D eigenvalue weighted by Crippen LogP contribution is -2.28. The van der Waals surface area contributed by atoms with Crippen LogP contribution in [0.3, 0.4) is 0 Å². The smallest absolute Gasteiger partial charge is 0.286 e. The summed E-state index contributed by atoms with van der Waals surface area (Å²) in [6.07, 6.45) is 1.01. The third-order valence-corrected chi connectivity index (χ3v) is 3.41. The van der Waals surface area contributed by atoms with Crippen molar-refractivity contribution >= 4 is 27.4 Å². The molecule has 0 unspecified atom stereocenters. The Morgan fingerprint density at radius 2 is 1.94 bits per heavy atom. The van der Waals surface area contributed by atoms with Gasteiger partial charge in [0.1, 0.15) is 0 Å². The number of anilines is 1. The maximum absolute atomic E-state index is 11.1. The lowest BCUT2D eigenvalue weighted by atomic mass is 10.3. The van der Waals surface area contributed by atoms with Crippen LogP contribution in [0, 0.1) is 0 Å². The van der Waals surface area contributed by atoms with Gasteiger partial charge in [0.15, 0.2) is 5.37 Å². The Bertz CT molecular complexity index is 430. The highest BCUT2D eigenvalue weighted by molar-refractivity contribution is 7.86. The van der Waals surface area contributed by atoms with E-state index in [0.29, 0.717) is 23.6 Å². The van der Waals surface area contributed by atoms with E-state index < -0.39 is 15.5 Å². The van der Waals surface area contributed by atoms with Gasteiger partial charge < -0.3 is 5.32 Å². The van der Waals surface area contributed by atoms with Crippen LogP contribution in [0.25, 0.3) is 0 Å². The van der Waals surface area contributed by atoms with E-state index in [1.807, 2.05) is 6.92 Å². The van der Waals surface area contributed by atoms with Gasteiger partial charge in [-0.15, -0.1) is 0 Å². The first-order chi connectivity index (χ1) is 7.43. The third kappa shape index (κ3) is 4.00. The Labute approximate surface area is 100 Å². The first-order valence-electron chi connectivity index (χ1n) is 4.92. The first-order valence-corrected chi connectivity index (χ1v) is 6.80. The number of benzene rings is 1. The Kier molecular flexibility index (Phi) is 4.58. The topological polar surface area (TPSA) is 66.4 Å². The Morgan fingerprint density at radius 1 is 1.38 bits per heavy atom. The maximum Gasteiger partial charge on any atom is 0.286 e. The highest BCUT2D eigenvalue weighted by Crippen LogP contribution is 2.17. The molecule has 0 radical (unpaired) electrons. The molecular weight excluding hydrogens is 250 g/mol. The number of halogens is 1. The van der Waals surface area contributed by atoms with E-state index >= 15 is 0 Å². The first kappa shape index (κ1) is 13.3. The molecule has 2 N–H and O–H groups in total. The Hall–Kier alpha value is -0.780. The molecule has 0 fully saturated rings. The normalized spacial score (nSPS) is 13.4. The van der Waals surface area contributed by atoms with E-state index in [1.165, 1.54) is 0 Å². The lowest BCUT2D eigenvalue weighted by Gasteiger charge is -2.16. The summed E-state index contributed by atoms with van der Waals surface area (Å²) < 4.78 is 31.1. The second-order valence-electron chi connectivity index (χ2n) is 3.44. The van der Waals surface area contributed by atoms with Crippen molar-refractivity contribution in [1.82, 2.24) is 0 Å². The highest BCUT2D eigenvalue weighted by Gasteiger charge is 2.21. The molecule has 0 aliphatic heterocycles. The van der Waals surface area contributed by atoms with Gasteiger partial charge in [-0.05, 0) is 30.7 Å². The van der Waals surface area contributed by atoms with E-state index in [2.05, 4.69) is 5.32 Å². The van der Waals surface area contributed by atoms with E-state index in [0.717, 1.165) is 0 Å².